The monoisotopic (exact) mass is 381 g/mol. The first-order valence-corrected chi connectivity index (χ1v) is 9.71. The van der Waals surface area contributed by atoms with E-state index in [0.717, 1.165) is 11.4 Å². The summed E-state index contributed by atoms with van der Waals surface area (Å²) in [6.07, 6.45) is 0. The Morgan fingerprint density at radius 1 is 1.07 bits per heavy atom. The molecule has 1 N–H and O–H groups in total. The average Bonchev–Trinajstić information content (AvgIpc) is 2.72. The molecule has 0 fully saturated rings. The van der Waals surface area contributed by atoms with Crippen molar-refractivity contribution in [3.05, 3.63) is 64.7 Å². The van der Waals surface area contributed by atoms with Gasteiger partial charge in [-0.15, -0.1) is 0 Å². The molecular weight excluding hydrogens is 354 g/mol. The van der Waals surface area contributed by atoms with Crippen LogP contribution in [-0.2, 0) is 4.74 Å². The van der Waals surface area contributed by atoms with Crippen LogP contribution in [-0.4, -0.2) is 35.9 Å². The lowest BCUT2D eigenvalue weighted by molar-refractivity contribution is 0.147. The van der Waals surface area contributed by atoms with E-state index in [2.05, 4.69) is 5.32 Å². The number of para-hydroxylation sites is 1. The Hall–Kier alpha value is -2.70. The number of aromatic nitrogens is 2. The van der Waals surface area contributed by atoms with Crippen molar-refractivity contribution in [3.8, 4) is 11.4 Å². The lowest BCUT2D eigenvalue weighted by Gasteiger charge is -2.20. The fraction of sp³-hybridized carbons (Fsp3) is 0.364. The third-order valence-electron chi connectivity index (χ3n) is 4.50. The summed E-state index contributed by atoms with van der Waals surface area (Å²) in [5.74, 6) is 1.45. The van der Waals surface area contributed by atoms with E-state index in [4.69, 9.17) is 14.5 Å². The van der Waals surface area contributed by atoms with E-state index >= 15 is 0 Å². The number of benzene rings is 2. The second kappa shape index (κ2) is 9.48. The van der Waals surface area contributed by atoms with Crippen molar-refractivity contribution in [1.82, 2.24) is 14.9 Å². The van der Waals surface area contributed by atoms with Crippen molar-refractivity contribution >= 4 is 10.9 Å². The van der Waals surface area contributed by atoms with Crippen LogP contribution in [0.5, 0.6) is 5.75 Å². The van der Waals surface area contributed by atoms with Crippen LogP contribution in [0.25, 0.3) is 16.6 Å². The van der Waals surface area contributed by atoms with Crippen LogP contribution in [0.4, 0.5) is 0 Å². The van der Waals surface area contributed by atoms with Crippen LogP contribution in [0, 0.1) is 0 Å². The smallest absolute Gasteiger partial charge is 0.266 e. The lowest BCUT2D eigenvalue weighted by Crippen LogP contribution is -2.31. The second-order valence-corrected chi connectivity index (χ2v) is 6.43. The highest BCUT2D eigenvalue weighted by Gasteiger charge is 2.17. The molecule has 3 rings (SSSR count). The maximum Gasteiger partial charge on any atom is 0.266 e. The highest BCUT2D eigenvalue weighted by molar-refractivity contribution is 5.77. The maximum absolute atomic E-state index is 13.3. The molecule has 0 saturated heterocycles. The van der Waals surface area contributed by atoms with E-state index in [1.807, 2.05) is 69.3 Å². The van der Waals surface area contributed by atoms with Gasteiger partial charge in [0.25, 0.3) is 5.56 Å². The minimum absolute atomic E-state index is 0.0804. The van der Waals surface area contributed by atoms with E-state index in [1.54, 1.807) is 4.57 Å². The van der Waals surface area contributed by atoms with Crippen molar-refractivity contribution in [1.29, 1.82) is 0 Å². The Balaban J connectivity index is 2.05. The van der Waals surface area contributed by atoms with Gasteiger partial charge in [0.05, 0.1) is 35.8 Å². The van der Waals surface area contributed by atoms with Gasteiger partial charge >= 0.3 is 0 Å². The van der Waals surface area contributed by atoms with Gasteiger partial charge in [-0.25, -0.2) is 4.98 Å². The number of nitrogens with zero attached hydrogens (tertiary/aromatic N) is 2. The minimum Gasteiger partial charge on any atom is -0.494 e. The summed E-state index contributed by atoms with van der Waals surface area (Å²) in [5, 5.41) is 3.99. The molecule has 1 atom stereocenters. The minimum atomic E-state index is -0.121. The zero-order valence-corrected chi connectivity index (χ0v) is 16.6. The zero-order chi connectivity index (χ0) is 19.9. The number of rotatable bonds is 9. The van der Waals surface area contributed by atoms with Gasteiger partial charge in [-0.2, -0.15) is 0 Å². The molecule has 1 aromatic heterocycles. The molecule has 0 aliphatic rings. The highest BCUT2D eigenvalue weighted by Crippen LogP contribution is 2.20. The van der Waals surface area contributed by atoms with E-state index < -0.39 is 0 Å². The molecule has 0 radical (unpaired) electrons. The van der Waals surface area contributed by atoms with Crippen LogP contribution in [0.1, 0.15) is 32.6 Å². The fourth-order valence-electron chi connectivity index (χ4n) is 3.13. The molecule has 148 valence electrons. The topological polar surface area (TPSA) is 65.4 Å². The largest absolute Gasteiger partial charge is 0.494 e. The molecule has 2 aromatic carbocycles. The summed E-state index contributed by atoms with van der Waals surface area (Å²) >= 11 is 0. The average molecular weight is 381 g/mol. The SMILES string of the molecule is CCOCCNC(C)c1nc2ccccc2c(=O)n1-c1ccc(OCC)cc1. The quantitative estimate of drug-likeness (QED) is 0.575. The molecule has 1 heterocycles. The Labute approximate surface area is 165 Å². The first-order chi connectivity index (χ1) is 13.7. The maximum atomic E-state index is 13.3. The Morgan fingerprint density at radius 3 is 2.54 bits per heavy atom. The Kier molecular flexibility index (Phi) is 6.79. The molecule has 0 amide bonds. The second-order valence-electron chi connectivity index (χ2n) is 6.43. The number of nitrogens with one attached hydrogen (secondary N) is 1. The molecule has 1 unspecified atom stereocenters. The standard InChI is InChI=1S/C22H27N3O3/c1-4-27-15-14-23-16(3)21-24-20-9-7-6-8-19(20)22(26)25(21)17-10-12-18(13-11-17)28-5-2/h6-13,16,23H,4-5,14-15H2,1-3H3. The third kappa shape index (κ3) is 4.40. The number of fused-ring (bicyclic) bond motifs is 1. The van der Waals surface area contributed by atoms with Gasteiger partial charge in [0, 0.05) is 13.2 Å². The predicted molar refractivity (Wildman–Crippen MR) is 111 cm³/mol. The Morgan fingerprint density at radius 2 is 1.82 bits per heavy atom. The fourth-order valence-corrected chi connectivity index (χ4v) is 3.13. The van der Waals surface area contributed by atoms with Crippen molar-refractivity contribution in [2.24, 2.45) is 0 Å². The van der Waals surface area contributed by atoms with E-state index in [-0.39, 0.29) is 11.6 Å². The van der Waals surface area contributed by atoms with Gasteiger partial charge in [-0.05, 0) is 57.2 Å². The van der Waals surface area contributed by atoms with Crippen molar-refractivity contribution < 1.29 is 9.47 Å². The molecule has 6 nitrogen and oxygen atoms in total. The van der Waals surface area contributed by atoms with E-state index in [9.17, 15) is 4.79 Å². The summed E-state index contributed by atoms with van der Waals surface area (Å²) in [7, 11) is 0. The van der Waals surface area contributed by atoms with Gasteiger partial charge < -0.3 is 14.8 Å². The van der Waals surface area contributed by atoms with Gasteiger partial charge in [0.2, 0.25) is 0 Å². The van der Waals surface area contributed by atoms with Crippen LogP contribution < -0.4 is 15.6 Å². The third-order valence-corrected chi connectivity index (χ3v) is 4.50. The summed E-state index contributed by atoms with van der Waals surface area (Å²) in [5.41, 5.74) is 1.38. The number of hydrogen-bond acceptors (Lipinski definition) is 5. The van der Waals surface area contributed by atoms with E-state index in [1.165, 1.54) is 0 Å². The molecule has 0 spiro atoms. The molecule has 0 bridgehead atoms. The number of ether oxygens (including phenoxy) is 2. The van der Waals surface area contributed by atoms with Crippen LogP contribution >= 0.6 is 0 Å². The van der Waals surface area contributed by atoms with Crippen molar-refractivity contribution in [2.45, 2.75) is 26.8 Å². The molecule has 3 aromatic rings. The molecule has 0 saturated carbocycles. The molecular formula is C22H27N3O3. The van der Waals surface area contributed by atoms with Gasteiger partial charge in [-0.3, -0.25) is 9.36 Å². The highest BCUT2D eigenvalue weighted by atomic mass is 16.5. The van der Waals surface area contributed by atoms with Crippen LogP contribution in [0.15, 0.2) is 53.3 Å². The summed E-state index contributed by atoms with van der Waals surface area (Å²) in [6.45, 7) is 8.50. The van der Waals surface area contributed by atoms with Gasteiger partial charge in [0.15, 0.2) is 0 Å². The molecule has 6 heteroatoms. The lowest BCUT2D eigenvalue weighted by atomic mass is 10.2. The molecule has 0 aliphatic carbocycles. The predicted octanol–water partition coefficient (Wildman–Crippen LogP) is 3.47. The van der Waals surface area contributed by atoms with E-state index in [0.29, 0.717) is 43.1 Å². The summed E-state index contributed by atoms with van der Waals surface area (Å²) in [4.78, 5) is 18.1. The van der Waals surface area contributed by atoms with Crippen LogP contribution in [0.2, 0.25) is 0 Å². The van der Waals surface area contributed by atoms with Gasteiger partial charge in [-0.1, -0.05) is 12.1 Å². The molecule has 28 heavy (non-hydrogen) atoms. The number of hydrogen-bond donors (Lipinski definition) is 1. The first kappa shape index (κ1) is 20.0. The van der Waals surface area contributed by atoms with Crippen LogP contribution in [0.3, 0.4) is 0 Å². The van der Waals surface area contributed by atoms with Gasteiger partial charge in [0.1, 0.15) is 11.6 Å². The Bertz CT molecular complexity index is 967. The zero-order valence-electron chi connectivity index (χ0n) is 16.6. The first-order valence-electron chi connectivity index (χ1n) is 9.71. The normalized spacial score (nSPS) is 12.2. The summed E-state index contributed by atoms with van der Waals surface area (Å²) < 4.78 is 12.6. The van der Waals surface area contributed by atoms with Crippen molar-refractivity contribution in [3.63, 3.8) is 0 Å². The summed E-state index contributed by atoms with van der Waals surface area (Å²) in [6, 6.07) is 14.8. The van der Waals surface area contributed by atoms with Crippen molar-refractivity contribution in [2.75, 3.05) is 26.4 Å². The molecule has 0 aliphatic heterocycles.